The summed E-state index contributed by atoms with van der Waals surface area (Å²) in [5.41, 5.74) is 1.05. The van der Waals surface area contributed by atoms with Crippen LogP contribution in [0.5, 0.6) is 5.75 Å². The summed E-state index contributed by atoms with van der Waals surface area (Å²) in [6, 6.07) is 8.68. The molecule has 1 aromatic carbocycles. The molecule has 4 heteroatoms. The van der Waals surface area contributed by atoms with Crippen LogP contribution >= 0.6 is 0 Å². The van der Waals surface area contributed by atoms with Crippen molar-refractivity contribution in [3.05, 3.63) is 36.4 Å². The molecule has 2 aliphatic rings. The van der Waals surface area contributed by atoms with Gasteiger partial charge in [-0.25, -0.2) is 4.98 Å². The molecule has 0 bridgehead atoms. The SMILES string of the molecule is COc1ccc(-c2cnc(CN3CCC[C@H]4CCCC[C@H]43)o2)cc1. The lowest BCUT2D eigenvalue weighted by Gasteiger charge is -2.43. The largest absolute Gasteiger partial charge is 0.497 e. The van der Waals surface area contributed by atoms with Crippen LogP contribution in [-0.2, 0) is 6.54 Å². The van der Waals surface area contributed by atoms with Gasteiger partial charge in [-0.1, -0.05) is 12.8 Å². The van der Waals surface area contributed by atoms with Crippen LogP contribution in [-0.4, -0.2) is 29.6 Å². The van der Waals surface area contributed by atoms with Crippen LogP contribution in [0.1, 0.15) is 44.4 Å². The molecule has 2 aromatic rings. The minimum absolute atomic E-state index is 0.740. The molecule has 128 valence electrons. The van der Waals surface area contributed by atoms with E-state index in [0.717, 1.165) is 41.5 Å². The first-order chi connectivity index (χ1) is 11.8. The van der Waals surface area contributed by atoms with Gasteiger partial charge in [0.15, 0.2) is 5.76 Å². The highest BCUT2D eigenvalue weighted by Gasteiger charge is 2.33. The molecule has 0 N–H and O–H groups in total. The molecule has 1 aliphatic carbocycles. The maximum absolute atomic E-state index is 6.03. The van der Waals surface area contributed by atoms with Crippen molar-refractivity contribution in [2.75, 3.05) is 13.7 Å². The molecule has 1 aromatic heterocycles. The Kier molecular flexibility index (Phi) is 4.56. The van der Waals surface area contributed by atoms with Crippen LogP contribution in [0.2, 0.25) is 0 Å². The summed E-state index contributed by atoms with van der Waals surface area (Å²) in [6.45, 7) is 2.03. The number of piperidine rings is 1. The topological polar surface area (TPSA) is 38.5 Å². The maximum Gasteiger partial charge on any atom is 0.209 e. The van der Waals surface area contributed by atoms with Crippen molar-refractivity contribution < 1.29 is 9.15 Å². The van der Waals surface area contributed by atoms with Crippen LogP contribution in [0, 0.1) is 5.92 Å². The van der Waals surface area contributed by atoms with Gasteiger partial charge in [-0.3, -0.25) is 4.90 Å². The summed E-state index contributed by atoms with van der Waals surface area (Å²) in [5, 5.41) is 0. The zero-order valence-electron chi connectivity index (χ0n) is 14.4. The van der Waals surface area contributed by atoms with E-state index in [9.17, 15) is 0 Å². The van der Waals surface area contributed by atoms with Crippen LogP contribution in [0.25, 0.3) is 11.3 Å². The number of rotatable bonds is 4. The van der Waals surface area contributed by atoms with Gasteiger partial charge in [-0.2, -0.15) is 0 Å². The molecule has 2 heterocycles. The van der Waals surface area contributed by atoms with Crippen LogP contribution in [0.15, 0.2) is 34.9 Å². The smallest absolute Gasteiger partial charge is 0.209 e. The quantitative estimate of drug-likeness (QED) is 0.829. The first-order valence-electron chi connectivity index (χ1n) is 9.16. The lowest BCUT2D eigenvalue weighted by Crippen LogP contribution is -2.46. The highest BCUT2D eigenvalue weighted by molar-refractivity contribution is 5.57. The number of likely N-dealkylation sites (tertiary alicyclic amines) is 1. The van der Waals surface area contributed by atoms with Gasteiger partial charge in [0.25, 0.3) is 0 Å². The van der Waals surface area contributed by atoms with Crippen LogP contribution in [0.4, 0.5) is 0 Å². The first kappa shape index (κ1) is 15.7. The molecule has 24 heavy (non-hydrogen) atoms. The molecule has 4 nitrogen and oxygen atoms in total. The molecule has 2 atom stereocenters. The zero-order valence-corrected chi connectivity index (χ0v) is 14.4. The van der Waals surface area contributed by atoms with Crippen molar-refractivity contribution in [1.82, 2.24) is 9.88 Å². The van der Waals surface area contributed by atoms with Crippen molar-refractivity contribution in [3.63, 3.8) is 0 Å². The molecule has 0 spiro atoms. The molecular weight excluding hydrogens is 300 g/mol. The fourth-order valence-corrected chi connectivity index (χ4v) is 4.37. The third-order valence-electron chi connectivity index (χ3n) is 5.62. The number of hydrogen-bond acceptors (Lipinski definition) is 4. The Morgan fingerprint density at radius 3 is 2.75 bits per heavy atom. The van der Waals surface area contributed by atoms with Gasteiger partial charge in [0, 0.05) is 11.6 Å². The highest BCUT2D eigenvalue weighted by atomic mass is 16.5. The summed E-state index contributed by atoms with van der Waals surface area (Å²) in [4.78, 5) is 7.14. The van der Waals surface area contributed by atoms with Crippen molar-refractivity contribution in [2.24, 2.45) is 5.92 Å². The maximum atomic E-state index is 6.03. The van der Waals surface area contributed by atoms with Gasteiger partial charge >= 0.3 is 0 Å². The lowest BCUT2D eigenvalue weighted by molar-refractivity contribution is 0.0483. The van der Waals surface area contributed by atoms with Gasteiger partial charge in [-0.15, -0.1) is 0 Å². The summed E-state index contributed by atoms with van der Waals surface area (Å²) in [5.74, 6) is 3.43. The summed E-state index contributed by atoms with van der Waals surface area (Å²) >= 11 is 0. The van der Waals surface area contributed by atoms with Gasteiger partial charge in [0.1, 0.15) is 5.75 Å². The van der Waals surface area contributed by atoms with E-state index in [-0.39, 0.29) is 0 Å². The molecule has 0 amide bonds. The van der Waals surface area contributed by atoms with Crippen molar-refractivity contribution in [3.8, 4) is 17.1 Å². The van der Waals surface area contributed by atoms with Gasteiger partial charge in [0.2, 0.25) is 5.89 Å². The Morgan fingerprint density at radius 1 is 1.12 bits per heavy atom. The number of nitrogens with zero attached hydrogens (tertiary/aromatic N) is 2. The molecule has 4 rings (SSSR count). The van der Waals surface area contributed by atoms with E-state index in [2.05, 4.69) is 9.88 Å². The number of methoxy groups -OCH3 is 1. The summed E-state index contributed by atoms with van der Waals surface area (Å²) in [7, 11) is 1.68. The Balaban J connectivity index is 1.46. The molecule has 0 radical (unpaired) electrons. The summed E-state index contributed by atoms with van der Waals surface area (Å²) < 4.78 is 11.2. The average Bonchev–Trinajstić information content (AvgIpc) is 3.11. The molecule has 1 aliphatic heterocycles. The van der Waals surface area contributed by atoms with E-state index < -0.39 is 0 Å². The number of ether oxygens (including phenoxy) is 1. The van der Waals surface area contributed by atoms with Gasteiger partial charge in [0.05, 0.1) is 19.9 Å². The average molecular weight is 326 g/mol. The first-order valence-corrected chi connectivity index (χ1v) is 9.16. The third-order valence-corrected chi connectivity index (χ3v) is 5.62. The van der Waals surface area contributed by atoms with Crippen molar-refractivity contribution >= 4 is 0 Å². The molecule has 1 saturated heterocycles. The van der Waals surface area contributed by atoms with Crippen LogP contribution in [0.3, 0.4) is 0 Å². The molecule has 1 saturated carbocycles. The van der Waals surface area contributed by atoms with Gasteiger partial charge in [-0.05, 0) is 62.4 Å². The second kappa shape index (κ2) is 6.98. The predicted octanol–water partition coefficient (Wildman–Crippen LogP) is 4.50. The van der Waals surface area contributed by atoms with E-state index in [0.29, 0.717) is 0 Å². The number of hydrogen-bond donors (Lipinski definition) is 0. The predicted molar refractivity (Wildman–Crippen MR) is 93.9 cm³/mol. The van der Waals surface area contributed by atoms with E-state index in [1.165, 1.54) is 45.1 Å². The second-order valence-corrected chi connectivity index (χ2v) is 7.07. The van der Waals surface area contributed by atoms with Gasteiger partial charge < -0.3 is 9.15 Å². The fraction of sp³-hybridized carbons (Fsp3) is 0.550. The van der Waals surface area contributed by atoms with E-state index in [1.54, 1.807) is 7.11 Å². The third kappa shape index (κ3) is 3.20. The van der Waals surface area contributed by atoms with Crippen LogP contribution < -0.4 is 4.74 Å². The van der Waals surface area contributed by atoms with E-state index in [1.807, 2.05) is 30.5 Å². The molecule has 2 fully saturated rings. The number of oxazole rings is 1. The second-order valence-electron chi connectivity index (χ2n) is 7.07. The minimum atomic E-state index is 0.740. The Bertz CT molecular complexity index is 663. The Morgan fingerprint density at radius 2 is 1.92 bits per heavy atom. The number of fused-ring (bicyclic) bond motifs is 1. The molecular formula is C20H26N2O2. The Hall–Kier alpha value is -1.81. The Labute approximate surface area is 143 Å². The van der Waals surface area contributed by atoms with Crippen molar-refractivity contribution in [1.29, 1.82) is 0 Å². The van der Waals surface area contributed by atoms with E-state index >= 15 is 0 Å². The standard InChI is InChI=1S/C20H26N2O2/c1-23-17-10-8-16(9-11-17)19-13-21-20(24-19)14-22-12-4-6-15-5-2-3-7-18(15)22/h8-11,13,15,18H,2-7,12,14H2,1H3/t15-,18-/m1/s1. The minimum Gasteiger partial charge on any atom is -0.497 e. The molecule has 0 unspecified atom stereocenters. The zero-order chi connectivity index (χ0) is 16.4. The lowest BCUT2D eigenvalue weighted by atomic mass is 9.78. The number of aromatic nitrogens is 1. The van der Waals surface area contributed by atoms with Crippen molar-refractivity contribution in [2.45, 2.75) is 51.1 Å². The monoisotopic (exact) mass is 326 g/mol. The van der Waals surface area contributed by atoms with E-state index in [4.69, 9.17) is 9.15 Å². The normalized spacial score (nSPS) is 24.5. The number of benzene rings is 1. The summed E-state index contributed by atoms with van der Waals surface area (Å²) in [6.07, 6.45) is 10.1. The fourth-order valence-electron chi connectivity index (χ4n) is 4.37. The highest BCUT2D eigenvalue weighted by Crippen LogP contribution is 2.36.